The molecule has 2 heteroatoms. The van der Waals surface area contributed by atoms with Gasteiger partial charge in [0.25, 0.3) is 0 Å². The Morgan fingerprint density at radius 3 is 2.26 bits per heavy atom. The molecular weight excluding hydrogens is 302 g/mol. The monoisotopic (exact) mass is 315 g/mol. The number of halogens is 1. The lowest BCUT2D eigenvalue weighted by molar-refractivity contribution is 1.33. The van der Waals surface area contributed by atoms with E-state index in [1.807, 2.05) is 30.3 Å². The first-order chi connectivity index (χ1) is 11.3. The van der Waals surface area contributed by atoms with E-state index in [2.05, 4.69) is 59.6 Å². The zero-order valence-corrected chi connectivity index (χ0v) is 13.2. The Balaban J connectivity index is 1.94. The van der Waals surface area contributed by atoms with Crippen LogP contribution in [-0.4, -0.2) is 4.98 Å². The molecule has 0 unspecified atom stereocenters. The van der Waals surface area contributed by atoms with E-state index in [1.165, 1.54) is 10.8 Å². The predicted octanol–water partition coefficient (Wildman–Crippen LogP) is 6.22. The molecule has 0 atom stereocenters. The van der Waals surface area contributed by atoms with Crippen molar-refractivity contribution in [1.29, 1.82) is 0 Å². The van der Waals surface area contributed by atoms with Crippen molar-refractivity contribution in [2.45, 2.75) is 0 Å². The van der Waals surface area contributed by atoms with Crippen molar-refractivity contribution in [3.05, 3.63) is 90.1 Å². The smallest absolute Gasteiger partial charge is 0.130 e. The standard InChI is InChI=1S/C21H14ClN/c22-21-14-17(15-7-2-1-3-8-15)13-20(23-21)19-12-6-10-16-9-4-5-11-18(16)19/h1-14H. The molecule has 0 aliphatic heterocycles. The van der Waals surface area contributed by atoms with Gasteiger partial charge in [-0.2, -0.15) is 0 Å². The maximum atomic E-state index is 6.29. The van der Waals surface area contributed by atoms with Crippen LogP contribution in [0.4, 0.5) is 0 Å². The Hall–Kier alpha value is -2.64. The molecule has 0 N–H and O–H groups in total. The van der Waals surface area contributed by atoms with Gasteiger partial charge in [0.05, 0.1) is 5.69 Å². The molecule has 0 aliphatic carbocycles. The number of hydrogen-bond donors (Lipinski definition) is 0. The van der Waals surface area contributed by atoms with E-state index < -0.39 is 0 Å². The van der Waals surface area contributed by atoms with Crippen molar-refractivity contribution in [3.63, 3.8) is 0 Å². The zero-order chi connectivity index (χ0) is 15.6. The highest BCUT2D eigenvalue weighted by Crippen LogP contribution is 2.31. The van der Waals surface area contributed by atoms with Gasteiger partial charge < -0.3 is 0 Å². The highest BCUT2D eigenvalue weighted by molar-refractivity contribution is 6.29. The molecule has 3 aromatic carbocycles. The maximum absolute atomic E-state index is 6.29. The van der Waals surface area contributed by atoms with Crippen LogP contribution in [0.25, 0.3) is 33.2 Å². The second kappa shape index (κ2) is 5.86. The van der Waals surface area contributed by atoms with E-state index in [-0.39, 0.29) is 0 Å². The SMILES string of the molecule is Clc1cc(-c2ccccc2)cc(-c2cccc3ccccc23)n1. The summed E-state index contributed by atoms with van der Waals surface area (Å²) in [6, 6.07) is 28.8. The summed E-state index contributed by atoms with van der Waals surface area (Å²) in [5.74, 6) is 0. The van der Waals surface area contributed by atoms with Gasteiger partial charge in [0.2, 0.25) is 0 Å². The minimum Gasteiger partial charge on any atom is -0.236 e. The van der Waals surface area contributed by atoms with Crippen LogP contribution < -0.4 is 0 Å². The molecule has 1 heterocycles. The summed E-state index contributed by atoms with van der Waals surface area (Å²) in [4.78, 5) is 4.55. The van der Waals surface area contributed by atoms with Crippen molar-refractivity contribution >= 4 is 22.4 Å². The van der Waals surface area contributed by atoms with Gasteiger partial charge in [-0.05, 0) is 34.0 Å². The molecule has 110 valence electrons. The molecule has 1 nitrogen and oxygen atoms in total. The Kier molecular flexibility index (Phi) is 3.57. The average molecular weight is 316 g/mol. The quantitative estimate of drug-likeness (QED) is 0.400. The lowest BCUT2D eigenvalue weighted by Gasteiger charge is -2.09. The van der Waals surface area contributed by atoms with Crippen molar-refractivity contribution in [1.82, 2.24) is 4.98 Å². The Labute approximate surface area is 140 Å². The summed E-state index contributed by atoms with van der Waals surface area (Å²) >= 11 is 6.29. The molecule has 1 aromatic heterocycles. The van der Waals surface area contributed by atoms with Crippen LogP contribution in [0.2, 0.25) is 5.15 Å². The van der Waals surface area contributed by atoms with Crippen LogP contribution in [0.15, 0.2) is 84.9 Å². The molecule has 0 saturated heterocycles. The summed E-state index contributed by atoms with van der Waals surface area (Å²) in [6.45, 7) is 0. The first-order valence-electron chi connectivity index (χ1n) is 7.52. The van der Waals surface area contributed by atoms with E-state index in [0.717, 1.165) is 22.4 Å². The Bertz CT molecular complexity index is 972. The number of nitrogens with zero attached hydrogens (tertiary/aromatic N) is 1. The Morgan fingerprint density at radius 2 is 1.39 bits per heavy atom. The topological polar surface area (TPSA) is 12.9 Å². The van der Waals surface area contributed by atoms with Gasteiger partial charge >= 0.3 is 0 Å². The highest BCUT2D eigenvalue weighted by atomic mass is 35.5. The normalized spacial score (nSPS) is 10.8. The van der Waals surface area contributed by atoms with E-state index in [0.29, 0.717) is 5.15 Å². The second-order valence-electron chi connectivity index (χ2n) is 5.46. The van der Waals surface area contributed by atoms with Gasteiger partial charge in [-0.15, -0.1) is 0 Å². The molecule has 4 aromatic rings. The first-order valence-corrected chi connectivity index (χ1v) is 7.90. The van der Waals surface area contributed by atoms with Crippen molar-refractivity contribution in [2.24, 2.45) is 0 Å². The molecule has 0 fully saturated rings. The van der Waals surface area contributed by atoms with Crippen LogP contribution in [-0.2, 0) is 0 Å². The number of aromatic nitrogens is 1. The molecule has 0 aliphatic rings. The largest absolute Gasteiger partial charge is 0.236 e. The van der Waals surface area contributed by atoms with E-state index in [9.17, 15) is 0 Å². The molecule has 0 saturated carbocycles. The van der Waals surface area contributed by atoms with Crippen LogP contribution in [0, 0.1) is 0 Å². The number of fused-ring (bicyclic) bond motifs is 1. The van der Waals surface area contributed by atoms with E-state index >= 15 is 0 Å². The first kappa shape index (κ1) is 14.0. The number of pyridine rings is 1. The van der Waals surface area contributed by atoms with Crippen molar-refractivity contribution < 1.29 is 0 Å². The molecule has 0 bridgehead atoms. The zero-order valence-electron chi connectivity index (χ0n) is 12.4. The van der Waals surface area contributed by atoms with E-state index in [4.69, 9.17) is 11.6 Å². The maximum Gasteiger partial charge on any atom is 0.130 e. The van der Waals surface area contributed by atoms with Gasteiger partial charge in [0.1, 0.15) is 5.15 Å². The summed E-state index contributed by atoms with van der Waals surface area (Å²) in [5.41, 5.74) is 4.21. The molecule has 4 rings (SSSR count). The summed E-state index contributed by atoms with van der Waals surface area (Å²) in [6.07, 6.45) is 0. The third-order valence-electron chi connectivity index (χ3n) is 3.97. The lowest BCUT2D eigenvalue weighted by Crippen LogP contribution is -1.88. The number of hydrogen-bond acceptors (Lipinski definition) is 1. The third kappa shape index (κ3) is 2.71. The fourth-order valence-corrected chi connectivity index (χ4v) is 3.09. The van der Waals surface area contributed by atoms with Crippen molar-refractivity contribution in [3.8, 4) is 22.4 Å². The van der Waals surface area contributed by atoms with Gasteiger partial charge in [0, 0.05) is 5.56 Å². The molecular formula is C21H14ClN. The molecule has 23 heavy (non-hydrogen) atoms. The second-order valence-corrected chi connectivity index (χ2v) is 5.84. The summed E-state index contributed by atoms with van der Waals surface area (Å²) in [7, 11) is 0. The minimum absolute atomic E-state index is 0.509. The predicted molar refractivity (Wildman–Crippen MR) is 97.6 cm³/mol. The summed E-state index contributed by atoms with van der Waals surface area (Å²) in [5, 5.41) is 2.89. The van der Waals surface area contributed by atoms with Crippen LogP contribution >= 0.6 is 11.6 Å². The van der Waals surface area contributed by atoms with Crippen LogP contribution in [0.5, 0.6) is 0 Å². The molecule has 0 amide bonds. The Morgan fingerprint density at radius 1 is 0.652 bits per heavy atom. The molecule has 0 radical (unpaired) electrons. The minimum atomic E-state index is 0.509. The number of benzene rings is 3. The third-order valence-corrected chi connectivity index (χ3v) is 4.16. The molecule has 0 spiro atoms. The van der Waals surface area contributed by atoms with Gasteiger partial charge in [-0.3, -0.25) is 0 Å². The van der Waals surface area contributed by atoms with Gasteiger partial charge in [-0.1, -0.05) is 84.4 Å². The van der Waals surface area contributed by atoms with Gasteiger partial charge in [-0.25, -0.2) is 4.98 Å². The fraction of sp³-hybridized carbons (Fsp3) is 0. The lowest BCUT2D eigenvalue weighted by atomic mass is 9.99. The highest BCUT2D eigenvalue weighted by Gasteiger charge is 2.08. The van der Waals surface area contributed by atoms with Crippen molar-refractivity contribution in [2.75, 3.05) is 0 Å². The van der Waals surface area contributed by atoms with Crippen LogP contribution in [0.1, 0.15) is 0 Å². The summed E-state index contributed by atoms with van der Waals surface area (Å²) < 4.78 is 0. The van der Waals surface area contributed by atoms with Crippen LogP contribution in [0.3, 0.4) is 0 Å². The van der Waals surface area contributed by atoms with E-state index in [1.54, 1.807) is 0 Å². The average Bonchev–Trinajstić information content (AvgIpc) is 2.61. The fourth-order valence-electron chi connectivity index (χ4n) is 2.88. The number of rotatable bonds is 2. The van der Waals surface area contributed by atoms with Gasteiger partial charge in [0.15, 0.2) is 0 Å².